The highest BCUT2D eigenvalue weighted by Gasteiger charge is 2.24. The van der Waals surface area contributed by atoms with E-state index in [0.717, 1.165) is 0 Å². The first-order chi connectivity index (χ1) is 10.6. The number of hydrogen-bond acceptors (Lipinski definition) is 4. The molecule has 22 heavy (non-hydrogen) atoms. The van der Waals surface area contributed by atoms with Crippen molar-refractivity contribution in [2.75, 3.05) is 26.2 Å². The molecule has 1 fully saturated rings. The topological polar surface area (TPSA) is 76.4 Å². The predicted molar refractivity (Wildman–Crippen MR) is 87.1 cm³/mol. The van der Waals surface area contributed by atoms with Crippen molar-refractivity contribution in [3.63, 3.8) is 0 Å². The molecular formula is C17H31N3O2. The largest absolute Gasteiger partial charge is 0.396 e. The molecule has 0 spiro atoms. The second-order valence-electron chi connectivity index (χ2n) is 6.36. The maximum Gasteiger partial charge on any atom is 0.236 e. The lowest BCUT2D eigenvalue weighted by atomic mass is 9.83. The Morgan fingerprint density at radius 1 is 1.41 bits per heavy atom. The maximum absolute atomic E-state index is 12.3. The van der Waals surface area contributed by atoms with E-state index in [4.69, 9.17) is 5.26 Å². The van der Waals surface area contributed by atoms with Crippen molar-refractivity contribution >= 4 is 5.91 Å². The molecule has 1 amide bonds. The van der Waals surface area contributed by atoms with Crippen LogP contribution in [-0.2, 0) is 4.79 Å². The fourth-order valence-corrected chi connectivity index (χ4v) is 3.29. The minimum Gasteiger partial charge on any atom is -0.396 e. The summed E-state index contributed by atoms with van der Waals surface area (Å²) in [5.74, 6) is 0.473. The van der Waals surface area contributed by atoms with Crippen molar-refractivity contribution in [2.45, 2.75) is 58.4 Å². The molecule has 2 atom stereocenters. The summed E-state index contributed by atoms with van der Waals surface area (Å²) in [6.07, 6.45) is 6.89. The van der Waals surface area contributed by atoms with Crippen molar-refractivity contribution in [3.05, 3.63) is 0 Å². The highest BCUT2D eigenvalue weighted by molar-refractivity contribution is 5.78. The molecule has 5 nitrogen and oxygen atoms in total. The second-order valence-corrected chi connectivity index (χ2v) is 6.36. The van der Waals surface area contributed by atoms with Crippen LogP contribution in [-0.4, -0.2) is 48.2 Å². The SMILES string of the molecule is CCN(C[C@@H](C)C#N)C(=O)CN[C@H](CCO)C1CCCCC1. The summed E-state index contributed by atoms with van der Waals surface area (Å²) in [4.78, 5) is 14.0. The number of likely N-dealkylation sites (N-methyl/N-ethyl adjacent to an activating group) is 1. The van der Waals surface area contributed by atoms with Crippen LogP contribution in [0.25, 0.3) is 0 Å². The minimum absolute atomic E-state index is 0.0448. The van der Waals surface area contributed by atoms with Crippen LogP contribution in [0, 0.1) is 23.2 Å². The van der Waals surface area contributed by atoms with Gasteiger partial charge in [0.25, 0.3) is 0 Å². The van der Waals surface area contributed by atoms with Gasteiger partial charge in [0.15, 0.2) is 0 Å². The highest BCUT2D eigenvalue weighted by Crippen LogP contribution is 2.27. The Morgan fingerprint density at radius 3 is 2.64 bits per heavy atom. The first-order valence-corrected chi connectivity index (χ1v) is 8.64. The number of amides is 1. The van der Waals surface area contributed by atoms with Crippen LogP contribution in [0.4, 0.5) is 0 Å². The molecule has 1 aliphatic carbocycles. The molecule has 0 bridgehead atoms. The molecular weight excluding hydrogens is 278 g/mol. The van der Waals surface area contributed by atoms with E-state index in [-0.39, 0.29) is 24.5 Å². The van der Waals surface area contributed by atoms with Gasteiger partial charge in [0, 0.05) is 25.7 Å². The van der Waals surface area contributed by atoms with E-state index in [2.05, 4.69) is 11.4 Å². The predicted octanol–water partition coefficient (Wildman–Crippen LogP) is 1.92. The molecule has 5 heteroatoms. The lowest BCUT2D eigenvalue weighted by Crippen LogP contribution is -2.46. The van der Waals surface area contributed by atoms with Crippen molar-refractivity contribution in [2.24, 2.45) is 11.8 Å². The van der Waals surface area contributed by atoms with Gasteiger partial charge in [-0.2, -0.15) is 5.26 Å². The first-order valence-electron chi connectivity index (χ1n) is 8.64. The van der Waals surface area contributed by atoms with Crippen LogP contribution >= 0.6 is 0 Å². The zero-order valence-corrected chi connectivity index (χ0v) is 14.1. The average Bonchev–Trinajstić information content (AvgIpc) is 2.56. The van der Waals surface area contributed by atoms with E-state index in [1.807, 2.05) is 13.8 Å². The van der Waals surface area contributed by atoms with Gasteiger partial charge in [-0.1, -0.05) is 19.3 Å². The van der Waals surface area contributed by atoms with Crippen LogP contribution in [0.2, 0.25) is 0 Å². The monoisotopic (exact) mass is 309 g/mol. The van der Waals surface area contributed by atoms with Gasteiger partial charge < -0.3 is 15.3 Å². The molecule has 0 aromatic carbocycles. The fourth-order valence-electron chi connectivity index (χ4n) is 3.29. The number of aliphatic hydroxyl groups excluding tert-OH is 1. The van der Waals surface area contributed by atoms with Gasteiger partial charge in [-0.3, -0.25) is 4.79 Å². The molecule has 0 saturated heterocycles. The number of nitrogens with zero attached hydrogens (tertiary/aromatic N) is 2. The molecule has 0 aliphatic heterocycles. The van der Waals surface area contributed by atoms with Crippen LogP contribution in [0.3, 0.4) is 0 Å². The van der Waals surface area contributed by atoms with E-state index in [9.17, 15) is 9.90 Å². The van der Waals surface area contributed by atoms with Gasteiger partial charge in [0.2, 0.25) is 5.91 Å². The molecule has 0 radical (unpaired) electrons. The van der Waals surface area contributed by atoms with Crippen LogP contribution < -0.4 is 5.32 Å². The lowest BCUT2D eigenvalue weighted by Gasteiger charge is -2.31. The summed E-state index contributed by atoms with van der Waals surface area (Å²) in [5, 5.41) is 21.5. The molecule has 0 unspecified atom stereocenters. The summed E-state index contributed by atoms with van der Waals surface area (Å²) >= 11 is 0. The van der Waals surface area contributed by atoms with Crippen LogP contribution in [0.15, 0.2) is 0 Å². The smallest absolute Gasteiger partial charge is 0.236 e. The van der Waals surface area contributed by atoms with Crippen molar-refractivity contribution in [1.29, 1.82) is 5.26 Å². The summed E-state index contributed by atoms with van der Waals surface area (Å²) in [7, 11) is 0. The molecule has 0 heterocycles. The summed E-state index contributed by atoms with van der Waals surface area (Å²) < 4.78 is 0. The summed E-state index contributed by atoms with van der Waals surface area (Å²) in [6.45, 7) is 5.34. The Bertz CT molecular complexity index is 361. The van der Waals surface area contributed by atoms with E-state index in [1.165, 1.54) is 32.1 Å². The minimum atomic E-state index is -0.143. The zero-order valence-electron chi connectivity index (χ0n) is 14.1. The molecule has 0 aromatic heterocycles. The Morgan fingerprint density at radius 2 is 2.09 bits per heavy atom. The zero-order chi connectivity index (χ0) is 16.4. The lowest BCUT2D eigenvalue weighted by molar-refractivity contribution is -0.130. The van der Waals surface area contributed by atoms with Crippen molar-refractivity contribution in [3.8, 4) is 6.07 Å². The third-order valence-corrected chi connectivity index (χ3v) is 4.62. The van der Waals surface area contributed by atoms with Gasteiger partial charge in [0.1, 0.15) is 0 Å². The average molecular weight is 309 g/mol. The van der Waals surface area contributed by atoms with Gasteiger partial charge in [0.05, 0.1) is 18.5 Å². The number of aliphatic hydroxyl groups is 1. The Hall–Kier alpha value is -1.12. The van der Waals surface area contributed by atoms with Crippen LogP contribution in [0.5, 0.6) is 0 Å². The standard InChI is InChI=1S/C17H31N3O2/c1-3-20(13-14(2)11-18)17(22)12-19-16(9-10-21)15-7-5-4-6-8-15/h14-16,19,21H,3-10,12-13H2,1-2H3/t14-,16+/m0/s1. The highest BCUT2D eigenvalue weighted by atomic mass is 16.3. The van der Waals surface area contributed by atoms with Crippen molar-refractivity contribution in [1.82, 2.24) is 10.2 Å². The molecule has 1 saturated carbocycles. The van der Waals surface area contributed by atoms with Crippen molar-refractivity contribution < 1.29 is 9.90 Å². The number of nitriles is 1. The molecule has 2 N–H and O–H groups in total. The second kappa shape index (κ2) is 10.6. The number of carbonyl (C=O) groups is 1. The van der Waals surface area contributed by atoms with Crippen LogP contribution in [0.1, 0.15) is 52.4 Å². The Labute approximate surface area is 134 Å². The first kappa shape index (κ1) is 18.9. The van der Waals surface area contributed by atoms with E-state index >= 15 is 0 Å². The van der Waals surface area contributed by atoms with Gasteiger partial charge in [-0.05, 0) is 39.0 Å². The summed E-state index contributed by atoms with van der Waals surface area (Å²) in [5.41, 5.74) is 0. The quantitative estimate of drug-likeness (QED) is 0.682. The van der Waals surface area contributed by atoms with E-state index in [1.54, 1.807) is 4.90 Å². The number of hydrogen-bond donors (Lipinski definition) is 2. The normalized spacial score (nSPS) is 18.5. The fraction of sp³-hybridized carbons (Fsp3) is 0.882. The molecule has 126 valence electrons. The number of nitrogens with one attached hydrogen (secondary N) is 1. The van der Waals surface area contributed by atoms with Gasteiger partial charge in [-0.25, -0.2) is 0 Å². The number of carbonyl (C=O) groups excluding carboxylic acids is 1. The third kappa shape index (κ3) is 6.33. The Kier molecular flexibility index (Phi) is 9.10. The maximum atomic E-state index is 12.3. The Balaban J connectivity index is 2.48. The van der Waals surface area contributed by atoms with E-state index < -0.39 is 0 Å². The third-order valence-electron chi connectivity index (χ3n) is 4.62. The molecule has 1 aliphatic rings. The number of rotatable bonds is 9. The van der Waals surface area contributed by atoms with Gasteiger partial charge in [-0.15, -0.1) is 0 Å². The summed E-state index contributed by atoms with van der Waals surface area (Å²) in [6, 6.07) is 2.40. The molecule has 1 rings (SSSR count). The van der Waals surface area contributed by atoms with Gasteiger partial charge >= 0.3 is 0 Å². The van der Waals surface area contributed by atoms with E-state index in [0.29, 0.717) is 32.0 Å². The molecule has 0 aromatic rings.